The highest BCUT2D eigenvalue weighted by Gasteiger charge is 2.28. The molecule has 4 aromatic rings. The van der Waals surface area contributed by atoms with Gasteiger partial charge in [0.1, 0.15) is 17.6 Å². The van der Waals surface area contributed by atoms with E-state index < -0.39 is 17.3 Å². The number of aromatic nitrogens is 1. The molecule has 1 aromatic heterocycles. The molecule has 194 valence electrons. The zero-order chi connectivity index (χ0) is 27.3. The normalized spacial score (nSPS) is 12.5. The summed E-state index contributed by atoms with van der Waals surface area (Å²) in [5.41, 5.74) is 9.99. The van der Waals surface area contributed by atoms with Gasteiger partial charge in [-0.1, -0.05) is 42.5 Å². The molecule has 0 saturated carbocycles. The van der Waals surface area contributed by atoms with Gasteiger partial charge in [0, 0.05) is 22.1 Å². The van der Waals surface area contributed by atoms with Gasteiger partial charge >= 0.3 is 5.97 Å². The third kappa shape index (κ3) is 5.82. The van der Waals surface area contributed by atoms with E-state index in [-0.39, 0.29) is 19.4 Å². The van der Waals surface area contributed by atoms with Crippen molar-refractivity contribution < 1.29 is 18.7 Å². The van der Waals surface area contributed by atoms with E-state index in [1.165, 1.54) is 12.1 Å². The number of fused-ring (bicyclic) bond motifs is 1. The van der Waals surface area contributed by atoms with Crippen molar-refractivity contribution in [2.24, 2.45) is 5.73 Å². The first kappa shape index (κ1) is 26.8. The van der Waals surface area contributed by atoms with Crippen LogP contribution in [0.4, 0.5) is 4.39 Å². The Morgan fingerprint density at radius 1 is 1.05 bits per heavy atom. The van der Waals surface area contributed by atoms with Crippen LogP contribution in [0.25, 0.3) is 33.3 Å². The lowest BCUT2D eigenvalue weighted by atomic mass is 9.85. The Hall–Kier alpha value is -4.28. The summed E-state index contributed by atoms with van der Waals surface area (Å²) in [4.78, 5) is 16.9. The van der Waals surface area contributed by atoms with Gasteiger partial charge in [-0.05, 0) is 62.6 Å². The minimum absolute atomic E-state index is 0.0475. The summed E-state index contributed by atoms with van der Waals surface area (Å²) in [6, 6.07) is 22.1. The fourth-order valence-corrected chi connectivity index (χ4v) is 4.62. The van der Waals surface area contributed by atoms with Crippen molar-refractivity contribution in [3.05, 3.63) is 83.7 Å². The predicted molar refractivity (Wildman–Crippen MR) is 146 cm³/mol. The van der Waals surface area contributed by atoms with Gasteiger partial charge in [-0.25, -0.2) is 9.37 Å². The molecule has 1 unspecified atom stereocenters. The van der Waals surface area contributed by atoms with E-state index in [2.05, 4.69) is 6.07 Å². The molecule has 6 nitrogen and oxygen atoms in total. The van der Waals surface area contributed by atoms with Crippen LogP contribution in [0.1, 0.15) is 38.3 Å². The first-order chi connectivity index (χ1) is 18.3. The van der Waals surface area contributed by atoms with Crippen LogP contribution in [0.5, 0.6) is 5.75 Å². The quantitative estimate of drug-likeness (QED) is 0.269. The first-order valence-corrected chi connectivity index (χ1v) is 12.6. The molecule has 0 spiro atoms. The fourth-order valence-electron chi connectivity index (χ4n) is 4.62. The summed E-state index contributed by atoms with van der Waals surface area (Å²) < 4.78 is 25.1. The number of halogens is 1. The standard InChI is InChI=1S/C31H30FN3O3/c1-4-37-28-9-7-6-8-23(28)20-10-12-21(13-11-20)30-26(19-33)25(17-31(3,34)18-29(36)38-5-2)24-16-22(32)14-15-27(24)35-30/h6-16H,4-5,17-18,34H2,1-3H3. The van der Waals surface area contributed by atoms with Crippen LogP contribution in [-0.4, -0.2) is 29.7 Å². The maximum absolute atomic E-state index is 14.3. The third-order valence-electron chi connectivity index (χ3n) is 6.26. The van der Waals surface area contributed by atoms with Crippen LogP contribution >= 0.6 is 0 Å². The number of rotatable bonds is 9. The van der Waals surface area contributed by atoms with Gasteiger partial charge in [0.2, 0.25) is 0 Å². The lowest BCUT2D eigenvalue weighted by Gasteiger charge is -2.25. The van der Waals surface area contributed by atoms with Crippen LogP contribution < -0.4 is 10.5 Å². The van der Waals surface area contributed by atoms with E-state index >= 15 is 0 Å². The molecule has 1 heterocycles. The molecule has 0 amide bonds. The largest absolute Gasteiger partial charge is 0.493 e. The Morgan fingerprint density at radius 2 is 1.76 bits per heavy atom. The van der Waals surface area contributed by atoms with Crippen LogP contribution in [-0.2, 0) is 16.0 Å². The molecule has 1 atom stereocenters. The van der Waals surface area contributed by atoms with Gasteiger partial charge in [0.05, 0.1) is 36.4 Å². The highest BCUT2D eigenvalue weighted by molar-refractivity contribution is 5.89. The van der Waals surface area contributed by atoms with E-state index in [1.54, 1.807) is 19.9 Å². The molecule has 2 N–H and O–H groups in total. The van der Waals surface area contributed by atoms with Gasteiger partial charge in [-0.2, -0.15) is 5.26 Å². The van der Waals surface area contributed by atoms with E-state index in [9.17, 15) is 14.4 Å². The Bertz CT molecular complexity index is 1510. The number of esters is 1. The predicted octanol–water partition coefficient (Wildman–Crippen LogP) is 6.19. The third-order valence-corrected chi connectivity index (χ3v) is 6.26. The summed E-state index contributed by atoms with van der Waals surface area (Å²) in [7, 11) is 0. The Kier molecular flexibility index (Phi) is 8.04. The molecule has 3 aromatic carbocycles. The van der Waals surface area contributed by atoms with Crippen molar-refractivity contribution in [3.63, 3.8) is 0 Å². The van der Waals surface area contributed by atoms with Gasteiger partial charge in [-0.15, -0.1) is 0 Å². The molecule has 0 aliphatic carbocycles. The molecule has 0 aliphatic rings. The topological polar surface area (TPSA) is 98.2 Å². The van der Waals surface area contributed by atoms with Crippen LogP contribution in [0, 0.1) is 17.1 Å². The van der Waals surface area contributed by atoms with E-state index in [0.29, 0.717) is 34.3 Å². The molecule has 0 fully saturated rings. The first-order valence-electron chi connectivity index (χ1n) is 12.6. The molecule has 0 radical (unpaired) electrons. The Balaban J connectivity index is 1.82. The van der Waals surface area contributed by atoms with E-state index in [0.717, 1.165) is 22.4 Å². The number of carbonyl (C=O) groups excluding carboxylic acids is 1. The second-order valence-electron chi connectivity index (χ2n) is 9.41. The number of ether oxygens (including phenoxy) is 2. The average molecular weight is 512 g/mol. The lowest BCUT2D eigenvalue weighted by Crippen LogP contribution is -2.41. The second kappa shape index (κ2) is 11.4. The van der Waals surface area contributed by atoms with E-state index in [4.69, 9.17) is 20.2 Å². The van der Waals surface area contributed by atoms with Gasteiger partial charge < -0.3 is 15.2 Å². The minimum Gasteiger partial charge on any atom is -0.493 e. The zero-order valence-corrected chi connectivity index (χ0v) is 21.8. The summed E-state index contributed by atoms with van der Waals surface area (Å²) in [5, 5.41) is 10.7. The highest BCUT2D eigenvalue weighted by atomic mass is 19.1. The van der Waals surface area contributed by atoms with Gasteiger partial charge in [0.25, 0.3) is 0 Å². The number of nitrogens with zero attached hydrogens (tertiary/aromatic N) is 2. The summed E-state index contributed by atoms with van der Waals surface area (Å²) in [5.74, 6) is -0.0836. The maximum atomic E-state index is 14.3. The van der Waals surface area contributed by atoms with E-state index in [1.807, 2.05) is 55.5 Å². The van der Waals surface area contributed by atoms with Crippen LogP contribution in [0.3, 0.4) is 0 Å². The summed E-state index contributed by atoms with van der Waals surface area (Å²) >= 11 is 0. The van der Waals surface area contributed by atoms with Crippen molar-refractivity contribution in [1.82, 2.24) is 4.98 Å². The second-order valence-corrected chi connectivity index (χ2v) is 9.41. The molecule has 0 saturated heterocycles. The molecular formula is C31H30FN3O3. The van der Waals surface area contributed by atoms with Crippen molar-refractivity contribution in [2.75, 3.05) is 13.2 Å². The van der Waals surface area contributed by atoms with Crippen molar-refractivity contribution in [1.29, 1.82) is 5.26 Å². The minimum atomic E-state index is -1.03. The maximum Gasteiger partial charge on any atom is 0.307 e. The number of carbonyl (C=O) groups is 1. The number of hydrogen-bond donors (Lipinski definition) is 1. The molecule has 38 heavy (non-hydrogen) atoms. The van der Waals surface area contributed by atoms with Gasteiger partial charge in [-0.3, -0.25) is 4.79 Å². The monoisotopic (exact) mass is 511 g/mol. The smallest absolute Gasteiger partial charge is 0.307 e. The molecule has 7 heteroatoms. The van der Waals surface area contributed by atoms with Gasteiger partial charge in [0.15, 0.2) is 0 Å². The molecular weight excluding hydrogens is 481 g/mol. The summed E-state index contributed by atoms with van der Waals surface area (Å²) in [6.45, 7) is 6.20. The summed E-state index contributed by atoms with van der Waals surface area (Å²) in [6.07, 6.45) is 0.109. The van der Waals surface area contributed by atoms with Crippen molar-refractivity contribution in [2.45, 2.75) is 39.2 Å². The van der Waals surface area contributed by atoms with Crippen molar-refractivity contribution in [3.8, 4) is 34.2 Å². The van der Waals surface area contributed by atoms with Crippen molar-refractivity contribution >= 4 is 16.9 Å². The fraction of sp³-hybridized carbons (Fsp3) is 0.258. The number of nitriles is 1. The lowest BCUT2D eigenvalue weighted by molar-refractivity contribution is -0.144. The SMILES string of the molecule is CCOC(=O)CC(C)(N)Cc1c(C#N)c(-c2ccc(-c3ccccc3OCC)cc2)nc2ccc(F)cc12. The number of benzene rings is 3. The number of nitrogens with two attached hydrogens (primary N) is 1. The Morgan fingerprint density at radius 3 is 2.45 bits per heavy atom. The molecule has 0 aliphatic heterocycles. The zero-order valence-electron chi connectivity index (χ0n) is 21.8. The highest BCUT2D eigenvalue weighted by Crippen LogP contribution is 2.35. The molecule has 4 rings (SSSR count). The average Bonchev–Trinajstić information content (AvgIpc) is 2.89. The molecule has 0 bridgehead atoms. The number of para-hydroxylation sites is 1. The van der Waals surface area contributed by atoms with Crippen LogP contribution in [0.15, 0.2) is 66.7 Å². The Labute approximate surface area is 221 Å². The number of hydrogen-bond acceptors (Lipinski definition) is 6. The van der Waals surface area contributed by atoms with Crippen LogP contribution in [0.2, 0.25) is 0 Å². The number of pyridine rings is 1.